The molecule has 1 aliphatic carbocycles. The second-order valence-electron chi connectivity index (χ2n) is 4.67. The molecule has 0 amide bonds. The number of para-hydroxylation sites is 1. The maximum Gasteiger partial charge on any atom is 0.198 e. The molecule has 0 atom stereocenters. The molecule has 0 N–H and O–H groups in total. The van der Waals surface area contributed by atoms with Gasteiger partial charge in [0, 0.05) is 11.8 Å². The quantitative estimate of drug-likeness (QED) is 0.773. The van der Waals surface area contributed by atoms with Crippen LogP contribution in [0.3, 0.4) is 0 Å². The lowest BCUT2D eigenvalue weighted by Gasteiger charge is -1.95. The Balaban J connectivity index is 1.84. The summed E-state index contributed by atoms with van der Waals surface area (Å²) in [5.41, 5.74) is 0.766. The highest BCUT2D eigenvalue weighted by Gasteiger charge is 2.23. The number of halogens is 1. The third kappa shape index (κ3) is 2.29. The molecular weight excluding hydrogens is 280 g/mol. The number of carbonyl (C=O) groups is 1. The minimum Gasteiger partial charge on any atom is -0.452 e. The molecule has 0 radical (unpaired) electrons. The Kier molecular flexibility index (Phi) is 2.79. The van der Waals surface area contributed by atoms with Crippen molar-refractivity contribution in [3.05, 3.63) is 34.5 Å². The highest BCUT2D eigenvalue weighted by atomic mass is 79.9. The molecule has 0 spiro atoms. The van der Waals surface area contributed by atoms with Crippen molar-refractivity contribution in [2.45, 2.75) is 25.7 Å². The van der Waals surface area contributed by atoms with Crippen LogP contribution in [0, 0.1) is 5.92 Å². The van der Waals surface area contributed by atoms with Gasteiger partial charge in [0.1, 0.15) is 5.58 Å². The number of ketones is 1. The standard InChI is InChI=1S/C14H13BrO2/c15-11-3-1-2-10-8-13(17-14(10)11)12(16)7-6-9-4-5-9/h1-3,8-9H,4-7H2. The fourth-order valence-corrected chi connectivity index (χ4v) is 2.49. The Hall–Kier alpha value is -1.09. The molecule has 1 saturated carbocycles. The zero-order chi connectivity index (χ0) is 11.8. The maximum atomic E-state index is 11.9. The molecule has 0 aliphatic heterocycles. The van der Waals surface area contributed by atoms with E-state index in [0.717, 1.165) is 27.8 Å². The second-order valence-corrected chi connectivity index (χ2v) is 5.53. The molecule has 1 aromatic carbocycles. The summed E-state index contributed by atoms with van der Waals surface area (Å²) in [7, 11) is 0. The highest BCUT2D eigenvalue weighted by molar-refractivity contribution is 9.10. The van der Waals surface area contributed by atoms with E-state index in [4.69, 9.17) is 4.42 Å². The molecule has 88 valence electrons. The Morgan fingerprint density at radius 2 is 2.24 bits per heavy atom. The van der Waals surface area contributed by atoms with Gasteiger partial charge >= 0.3 is 0 Å². The first-order chi connectivity index (χ1) is 8.24. The zero-order valence-electron chi connectivity index (χ0n) is 9.41. The first-order valence-electron chi connectivity index (χ1n) is 5.95. The number of Topliss-reactive ketones (excluding diaryl/α,β-unsaturated/α-hetero) is 1. The second kappa shape index (κ2) is 4.30. The van der Waals surface area contributed by atoms with Crippen LogP contribution < -0.4 is 0 Å². The van der Waals surface area contributed by atoms with E-state index >= 15 is 0 Å². The Morgan fingerprint density at radius 1 is 1.41 bits per heavy atom. The summed E-state index contributed by atoms with van der Waals surface area (Å²) < 4.78 is 6.52. The first kappa shape index (κ1) is 11.0. The van der Waals surface area contributed by atoms with Crippen molar-refractivity contribution < 1.29 is 9.21 Å². The van der Waals surface area contributed by atoms with Crippen LogP contribution in [-0.2, 0) is 0 Å². The average molecular weight is 293 g/mol. The van der Waals surface area contributed by atoms with Gasteiger partial charge in [0.2, 0.25) is 0 Å². The molecule has 2 aromatic rings. The van der Waals surface area contributed by atoms with Crippen LogP contribution in [0.15, 0.2) is 33.2 Å². The van der Waals surface area contributed by atoms with Crippen molar-refractivity contribution in [1.29, 1.82) is 0 Å². The van der Waals surface area contributed by atoms with Crippen LogP contribution >= 0.6 is 15.9 Å². The normalized spacial score (nSPS) is 15.4. The van der Waals surface area contributed by atoms with Crippen molar-refractivity contribution in [2.24, 2.45) is 5.92 Å². The summed E-state index contributed by atoms with van der Waals surface area (Å²) in [5, 5.41) is 0.981. The maximum absolute atomic E-state index is 11.9. The lowest BCUT2D eigenvalue weighted by Crippen LogP contribution is -1.97. The number of furan rings is 1. The summed E-state index contributed by atoms with van der Waals surface area (Å²) >= 11 is 3.43. The van der Waals surface area contributed by atoms with Crippen LogP contribution in [-0.4, -0.2) is 5.78 Å². The Morgan fingerprint density at radius 3 is 2.94 bits per heavy atom. The molecule has 0 saturated heterocycles. The summed E-state index contributed by atoms with van der Waals surface area (Å²) in [5.74, 6) is 1.41. The van der Waals surface area contributed by atoms with Gasteiger partial charge in [-0.3, -0.25) is 4.79 Å². The summed E-state index contributed by atoms with van der Waals surface area (Å²) in [6, 6.07) is 7.67. The molecule has 0 bridgehead atoms. The predicted molar refractivity (Wildman–Crippen MR) is 70.2 cm³/mol. The largest absolute Gasteiger partial charge is 0.452 e. The van der Waals surface area contributed by atoms with E-state index in [9.17, 15) is 4.79 Å². The third-order valence-electron chi connectivity index (χ3n) is 3.25. The van der Waals surface area contributed by atoms with Crippen molar-refractivity contribution >= 4 is 32.7 Å². The molecule has 1 heterocycles. The van der Waals surface area contributed by atoms with Gasteiger partial charge in [0.05, 0.1) is 4.47 Å². The molecule has 3 heteroatoms. The zero-order valence-corrected chi connectivity index (χ0v) is 11.0. The van der Waals surface area contributed by atoms with Gasteiger partial charge in [0.25, 0.3) is 0 Å². The number of fused-ring (bicyclic) bond motifs is 1. The smallest absolute Gasteiger partial charge is 0.198 e. The van der Waals surface area contributed by atoms with E-state index in [-0.39, 0.29) is 5.78 Å². The van der Waals surface area contributed by atoms with Crippen molar-refractivity contribution in [3.8, 4) is 0 Å². The van der Waals surface area contributed by atoms with Gasteiger partial charge < -0.3 is 4.42 Å². The van der Waals surface area contributed by atoms with Crippen LogP contribution in [0.25, 0.3) is 11.0 Å². The fraction of sp³-hybridized carbons (Fsp3) is 0.357. The summed E-state index contributed by atoms with van der Waals surface area (Å²) in [6.45, 7) is 0. The number of rotatable bonds is 4. The van der Waals surface area contributed by atoms with E-state index in [1.807, 2.05) is 24.3 Å². The van der Waals surface area contributed by atoms with Crippen LogP contribution in [0.5, 0.6) is 0 Å². The topological polar surface area (TPSA) is 30.2 Å². The molecule has 0 unspecified atom stereocenters. The van der Waals surface area contributed by atoms with E-state index in [1.165, 1.54) is 12.8 Å². The van der Waals surface area contributed by atoms with E-state index in [0.29, 0.717) is 12.2 Å². The minimum absolute atomic E-state index is 0.125. The molecule has 17 heavy (non-hydrogen) atoms. The number of hydrogen-bond donors (Lipinski definition) is 0. The Bertz CT molecular complexity index is 567. The van der Waals surface area contributed by atoms with Crippen molar-refractivity contribution in [2.75, 3.05) is 0 Å². The molecule has 2 nitrogen and oxygen atoms in total. The molecule has 1 fully saturated rings. The number of carbonyl (C=O) groups excluding carboxylic acids is 1. The summed E-state index contributed by atoms with van der Waals surface area (Å²) in [4.78, 5) is 11.9. The Labute approximate surface area is 108 Å². The van der Waals surface area contributed by atoms with Gasteiger partial charge in [-0.05, 0) is 40.4 Å². The van der Waals surface area contributed by atoms with Crippen LogP contribution in [0.1, 0.15) is 36.2 Å². The molecule has 1 aliphatic rings. The lowest BCUT2D eigenvalue weighted by molar-refractivity contribution is 0.0953. The van der Waals surface area contributed by atoms with Gasteiger partial charge in [-0.15, -0.1) is 0 Å². The molecule has 3 rings (SSSR count). The number of hydrogen-bond acceptors (Lipinski definition) is 2. The molecular formula is C14H13BrO2. The SMILES string of the molecule is O=C(CCC1CC1)c1cc2cccc(Br)c2o1. The average Bonchev–Trinajstić information content (AvgIpc) is 3.04. The van der Waals surface area contributed by atoms with Crippen molar-refractivity contribution in [3.63, 3.8) is 0 Å². The van der Waals surface area contributed by atoms with Crippen LogP contribution in [0.4, 0.5) is 0 Å². The summed E-state index contributed by atoms with van der Waals surface area (Å²) in [6.07, 6.45) is 4.21. The highest BCUT2D eigenvalue weighted by Crippen LogP contribution is 2.34. The van der Waals surface area contributed by atoms with Crippen LogP contribution in [0.2, 0.25) is 0 Å². The third-order valence-corrected chi connectivity index (χ3v) is 3.87. The van der Waals surface area contributed by atoms with E-state index in [1.54, 1.807) is 0 Å². The van der Waals surface area contributed by atoms with E-state index < -0.39 is 0 Å². The van der Waals surface area contributed by atoms with Gasteiger partial charge in [0.15, 0.2) is 11.5 Å². The predicted octanol–water partition coefficient (Wildman–Crippen LogP) is 4.57. The minimum atomic E-state index is 0.125. The lowest BCUT2D eigenvalue weighted by atomic mass is 10.1. The monoisotopic (exact) mass is 292 g/mol. The van der Waals surface area contributed by atoms with Gasteiger partial charge in [-0.2, -0.15) is 0 Å². The first-order valence-corrected chi connectivity index (χ1v) is 6.74. The van der Waals surface area contributed by atoms with Gasteiger partial charge in [-0.25, -0.2) is 0 Å². The van der Waals surface area contributed by atoms with E-state index in [2.05, 4.69) is 15.9 Å². The van der Waals surface area contributed by atoms with Crippen molar-refractivity contribution in [1.82, 2.24) is 0 Å². The fourth-order valence-electron chi connectivity index (χ4n) is 2.03. The molecule has 1 aromatic heterocycles. The van der Waals surface area contributed by atoms with Gasteiger partial charge in [-0.1, -0.05) is 25.0 Å². The number of benzene rings is 1.